The van der Waals surface area contributed by atoms with Crippen LogP contribution in [0.2, 0.25) is 10.0 Å². The highest BCUT2D eigenvalue weighted by atomic mass is 35.5. The summed E-state index contributed by atoms with van der Waals surface area (Å²) in [5.41, 5.74) is 2.19. The number of hydrogen-bond donors (Lipinski definition) is 2. The Hall–Kier alpha value is -2.38. The number of aliphatic hydroxyl groups is 1. The average Bonchev–Trinajstić information content (AvgIpc) is 3.21. The van der Waals surface area contributed by atoms with Crippen LogP contribution in [0.15, 0.2) is 42.5 Å². The average molecular weight is 637 g/mol. The normalized spacial score (nSPS) is 18.0. The van der Waals surface area contributed by atoms with Crippen molar-refractivity contribution in [1.29, 1.82) is 0 Å². The quantitative estimate of drug-likeness (QED) is 0.219. The number of hydrogen-bond acceptors (Lipinski definition) is 6. The molecule has 0 amide bonds. The maximum atomic E-state index is 12.5. The third-order valence-corrected chi connectivity index (χ3v) is 8.50. The lowest BCUT2D eigenvalue weighted by molar-refractivity contribution is -0.130. The van der Waals surface area contributed by atoms with E-state index in [9.17, 15) is 26.7 Å². The Labute approximate surface area is 245 Å². The van der Waals surface area contributed by atoms with Crippen LogP contribution in [-0.2, 0) is 10.1 Å². The molecule has 1 saturated carbocycles. The summed E-state index contributed by atoms with van der Waals surface area (Å²) < 4.78 is 68.1. The Bertz CT molecular complexity index is 1500. The Morgan fingerprint density at radius 2 is 1.85 bits per heavy atom. The minimum Gasteiger partial charge on any atom is -0.391 e. The molecule has 0 spiro atoms. The smallest absolute Gasteiger partial charge is 0.390 e. The molecule has 40 heavy (non-hydrogen) atoms. The molecule has 3 aromatic rings. The van der Waals surface area contributed by atoms with Crippen molar-refractivity contribution in [2.75, 3.05) is 5.75 Å². The van der Waals surface area contributed by atoms with E-state index in [1.807, 2.05) is 0 Å². The first-order valence-corrected chi connectivity index (χ1v) is 15.1. The Balaban J connectivity index is 1.69. The maximum Gasteiger partial charge on any atom is 0.390 e. The van der Waals surface area contributed by atoms with Gasteiger partial charge >= 0.3 is 16.3 Å². The van der Waals surface area contributed by atoms with Crippen LogP contribution < -0.4 is 9.50 Å². The van der Waals surface area contributed by atoms with E-state index >= 15 is 0 Å². The van der Waals surface area contributed by atoms with Crippen molar-refractivity contribution in [3.05, 3.63) is 63.9 Å². The molecule has 0 aliphatic heterocycles. The minimum absolute atomic E-state index is 0.140. The summed E-state index contributed by atoms with van der Waals surface area (Å²) in [6, 6.07) is 10.5. The molecular weight excluding hydrogens is 610 g/mol. The molecule has 1 fully saturated rings. The largest absolute Gasteiger partial charge is 0.391 e. The summed E-state index contributed by atoms with van der Waals surface area (Å²) in [4.78, 5) is 5.13. The molecule has 7 nitrogen and oxygen atoms in total. The zero-order valence-electron chi connectivity index (χ0n) is 21.2. The van der Waals surface area contributed by atoms with Gasteiger partial charge in [0.15, 0.2) is 0 Å². The number of imidazole rings is 1. The van der Waals surface area contributed by atoms with E-state index in [4.69, 9.17) is 44.6 Å². The fourth-order valence-corrected chi connectivity index (χ4v) is 6.29. The Kier molecular flexibility index (Phi) is 9.35. The number of aliphatic hydroxyl groups excluding tert-OH is 1. The summed E-state index contributed by atoms with van der Waals surface area (Å²) in [6.45, 7) is 1.80. The second kappa shape index (κ2) is 12.2. The van der Waals surface area contributed by atoms with Crippen molar-refractivity contribution in [3.8, 4) is 22.8 Å². The van der Waals surface area contributed by atoms with Gasteiger partial charge in [-0.05, 0) is 62.2 Å². The predicted molar refractivity (Wildman–Crippen MR) is 152 cm³/mol. The van der Waals surface area contributed by atoms with Crippen molar-refractivity contribution in [1.82, 2.24) is 14.9 Å². The second-order valence-electron chi connectivity index (χ2n) is 9.46. The number of aromatic nitrogens is 2. The lowest BCUT2D eigenvalue weighted by Gasteiger charge is -2.29. The predicted octanol–water partition coefficient (Wildman–Crippen LogP) is 6.38. The molecule has 0 bridgehead atoms. The third-order valence-electron chi connectivity index (χ3n) is 6.49. The van der Waals surface area contributed by atoms with Crippen LogP contribution in [0, 0.1) is 6.92 Å². The number of alkyl halides is 3. The lowest BCUT2D eigenvalue weighted by atomic mass is 9.92. The van der Waals surface area contributed by atoms with Crippen LogP contribution in [0.5, 0.6) is 5.75 Å². The molecule has 2 unspecified atom stereocenters. The molecule has 14 heteroatoms. The first kappa shape index (κ1) is 30.6. The maximum absolute atomic E-state index is 12.5. The van der Waals surface area contributed by atoms with Crippen LogP contribution in [0.1, 0.15) is 43.5 Å². The zero-order chi connectivity index (χ0) is 29.2. The van der Waals surface area contributed by atoms with Gasteiger partial charge < -0.3 is 14.6 Å². The van der Waals surface area contributed by atoms with Gasteiger partial charge in [-0.15, -0.1) is 0 Å². The SMILES string of the molecule is Cc1c(C(=S)NC2CCCCC2O)nc(-c2ccc(Cl)cc2Cl)n1-c1ccc(OS(=O)(=O)CCC(F)(F)F)cc1. The van der Waals surface area contributed by atoms with E-state index in [2.05, 4.69) is 5.32 Å². The van der Waals surface area contributed by atoms with Gasteiger partial charge in [0.1, 0.15) is 22.3 Å². The molecule has 1 aliphatic carbocycles. The van der Waals surface area contributed by atoms with Crippen molar-refractivity contribution < 1.29 is 30.9 Å². The van der Waals surface area contributed by atoms with Crippen LogP contribution in [0.3, 0.4) is 0 Å². The highest BCUT2D eigenvalue weighted by Crippen LogP contribution is 2.34. The number of nitrogens with one attached hydrogen (secondary N) is 1. The first-order chi connectivity index (χ1) is 18.7. The van der Waals surface area contributed by atoms with Gasteiger partial charge in [0.05, 0.1) is 35.0 Å². The Morgan fingerprint density at radius 3 is 2.48 bits per heavy atom. The van der Waals surface area contributed by atoms with Crippen LogP contribution in [-0.4, -0.2) is 52.1 Å². The van der Waals surface area contributed by atoms with Gasteiger partial charge in [-0.25, -0.2) is 4.98 Å². The minimum atomic E-state index is -4.62. The van der Waals surface area contributed by atoms with Crippen molar-refractivity contribution in [3.63, 3.8) is 0 Å². The standard InChI is InChI=1S/C26H26Cl2F3N3O4S2/c1-15-23(25(39)32-21-4-2-3-5-22(21)35)33-24(19-11-6-16(27)14-20(19)28)34(15)17-7-9-18(10-8-17)38-40(36,37)13-12-26(29,30)31/h6-11,14,21-22,35H,2-5,12-13H2,1H3,(H,32,39). The summed E-state index contributed by atoms with van der Waals surface area (Å²) in [5, 5.41) is 14.4. The molecule has 2 aromatic carbocycles. The van der Waals surface area contributed by atoms with E-state index in [1.165, 1.54) is 12.1 Å². The molecule has 1 aliphatic rings. The van der Waals surface area contributed by atoms with E-state index in [1.54, 1.807) is 41.8 Å². The van der Waals surface area contributed by atoms with Crippen LogP contribution in [0.4, 0.5) is 13.2 Å². The molecule has 1 aromatic heterocycles. The second-order valence-corrected chi connectivity index (χ2v) is 12.4. The highest BCUT2D eigenvalue weighted by molar-refractivity contribution is 7.87. The molecule has 1 heterocycles. The van der Waals surface area contributed by atoms with Gasteiger partial charge in [0, 0.05) is 16.3 Å². The number of nitrogens with zero attached hydrogens (tertiary/aromatic N) is 2. The van der Waals surface area contributed by atoms with Crippen molar-refractivity contribution in [2.24, 2.45) is 0 Å². The van der Waals surface area contributed by atoms with Crippen LogP contribution in [0.25, 0.3) is 17.1 Å². The van der Waals surface area contributed by atoms with Crippen molar-refractivity contribution >= 4 is 50.5 Å². The number of halogens is 5. The van der Waals surface area contributed by atoms with Gasteiger partial charge in [-0.1, -0.05) is 48.3 Å². The molecule has 2 N–H and O–H groups in total. The molecule has 2 atom stereocenters. The number of rotatable bonds is 8. The monoisotopic (exact) mass is 635 g/mol. The number of benzene rings is 2. The summed E-state index contributed by atoms with van der Waals surface area (Å²) in [6.07, 6.45) is -3.30. The fourth-order valence-electron chi connectivity index (χ4n) is 4.48. The van der Waals surface area contributed by atoms with Crippen molar-refractivity contribution in [2.45, 2.75) is 57.3 Å². The molecule has 0 radical (unpaired) electrons. The fraction of sp³-hybridized carbons (Fsp3) is 0.385. The van der Waals surface area contributed by atoms with Gasteiger partial charge in [0.25, 0.3) is 0 Å². The molecule has 216 valence electrons. The summed E-state index contributed by atoms with van der Waals surface area (Å²) in [7, 11) is -4.46. The first-order valence-electron chi connectivity index (χ1n) is 12.4. The molecule has 4 rings (SSSR count). The van der Waals surface area contributed by atoms with Crippen LogP contribution >= 0.6 is 35.4 Å². The summed E-state index contributed by atoms with van der Waals surface area (Å²) in [5.74, 6) is -0.908. The third kappa shape index (κ3) is 7.47. The van der Waals surface area contributed by atoms with E-state index in [0.29, 0.717) is 49.9 Å². The van der Waals surface area contributed by atoms with E-state index in [-0.39, 0.29) is 11.8 Å². The van der Waals surface area contributed by atoms with E-state index < -0.39 is 34.6 Å². The zero-order valence-corrected chi connectivity index (χ0v) is 24.4. The van der Waals surface area contributed by atoms with E-state index in [0.717, 1.165) is 19.3 Å². The van der Waals surface area contributed by atoms with Gasteiger partial charge in [-0.3, -0.25) is 4.57 Å². The highest BCUT2D eigenvalue weighted by Gasteiger charge is 2.31. The topological polar surface area (TPSA) is 93.4 Å². The van der Waals surface area contributed by atoms with Gasteiger partial charge in [0.2, 0.25) is 0 Å². The Morgan fingerprint density at radius 1 is 1.18 bits per heavy atom. The van der Waals surface area contributed by atoms with Gasteiger partial charge in [-0.2, -0.15) is 21.6 Å². The number of thiocarbonyl (C=S) groups is 1. The lowest BCUT2D eigenvalue weighted by Crippen LogP contribution is -2.45. The summed E-state index contributed by atoms with van der Waals surface area (Å²) >= 11 is 18.3. The molecular formula is C26H26Cl2F3N3O4S2. The molecule has 0 saturated heterocycles.